The van der Waals surface area contributed by atoms with Gasteiger partial charge in [0.15, 0.2) is 0 Å². The number of hydrogen-bond acceptors (Lipinski definition) is 6. The Morgan fingerprint density at radius 2 is 1.70 bits per heavy atom. The third-order valence-corrected chi connectivity index (χ3v) is 3.40. The average Bonchev–Trinajstić information content (AvgIpc) is 2.82. The van der Waals surface area contributed by atoms with Crippen molar-refractivity contribution in [2.45, 2.75) is 45.8 Å². The van der Waals surface area contributed by atoms with Crippen molar-refractivity contribution in [1.29, 1.82) is 0 Å². The number of carbonyl (C=O) groups is 4. The number of imide groups is 1. The van der Waals surface area contributed by atoms with Crippen molar-refractivity contribution in [3.63, 3.8) is 0 Å². The highest BCUT2D eigenvalue weighted by Gasteiger charge is 2.40. The number of ether oxygens (including phenoxy) is 1. The molecule has 0 saturated carbocycles. The van der Waals surface area contributed by atoms with Crippen LogP contribution in [0.5, 0.6) is 0 Å². The molecule has 0 spiro atoms. The summed E-state index contributed by atoms with van der Waals surface area (Å²) in [5, 5.41) is 2.73. The largest absolute Gasteiger partial charge is 0.444 e. The highest BCUT2D eigenvalue weighted by Crippen LogP contribution is 2.23. The lowest BCUT2D eigenvalue weighted by Gasteiger charge is -2.22. The van der Waals surface area contributed by atoms with E-state index in [-0.39, 0.29) is 17.5 Å². The summed E-state index contributed by atoms with van der Waals surface area (Å²) in [6, 6.07) is 4.90. The average molecular weight is 372 g/mol. The number of rotatable bonds is 4. The predicted octanol–water partition coefficient (Wildman–Crippen LogP) is 2.05. The minimum Gasteiger partial charge on any atom is -0.444 e. The SMILES string of the molecule is CC#CCC(NC(=O)OC(C)(C)C)C(=O)ON1C(=O)c2ccccc2C1=O. The Balaban J connectivity index is 2.12. The van der Waals surface area contributed by atoms with Gasteiger partial charge in [0.1, 0.15) is 11.6 Å². The van der Waals surface area contributed by atoms with E-state index in [1.165, 1.54) is 12.1 Å². The zero-order chi connectivity index (χ0) is 20.2. The molecule has 142 valence electrons. The van der Waals surface area contributed by atoms with Crippen molar-refractivity contribution in [3.8, 4) is 11.8 Å². The zero-order valence-corrected chi connectivity index (χ0v) is 15.5. The zero-order valence-electron chi connectivity index (χ0n) is 15.5. The van der Waals surface area contributed by atoms with E-state index in [1.54, 1.807) is 39.8 Å². The van der Waals surface area contributed by atoms with Gasteiger partial charge in [-0.05, 0) is 39.8 Å². The molecule has 1 aromatic rings. The second kappa shape index (κ2) is 7.91. The van der Waals surface area contributed by atoms with E-state index in [2.05, 4.69) is 17.2 Å². The van der Waals surface area contributed by atoms with Crippen molar-refractivity contribution >= 4 is 23.9 Å². The first kappa shape index (κ1) is 20.0. The Kier molecular flexibility index (Phi) is 5.85. The molecule has 27 heavy (non-hydrogen) atoms. The van der Waals surface area contributed by atoms with Gasteiger partial charge in [0, 0.05) is 6.42 Å². The van der Waals surface area contributed by atoms with Crippen LogP contribution in [0.4, 0.5) is 4.79 Å². The molecule has 1 aliphatic rings. The molecule has 8 heteroatoms. The van der Waals surface area contributed by atoms with E-state index in [4.69, 9.17) is 9.57 Å². The lowest BCUT2D eigenvalue weighted by atomic mass is 10.1. The van der Waals surface area contributed by atoms with E-state index in [9.17, 15) is 19.2 Å². The Hall–Kier alpha value is -3.34. The first-order valence-corrected chi connectivity index (χ1v) is 8.23. The molecule has 8 nitrogen and oxygen atoms in total. The fourth-order valence-corrected chi connectivity index (χ4v) is 2.25. The van der Waals surface area contributed by atoms with Gasteiger partial charge in [-0.2, -0.15) is 0 Å². The number of amides is 3. The molecule has 0 bridgehead atoms. The summed E-state index contributed by atoms with van der Waals surface area (Å²) in [5.74, 6) is 2.76. The lowest BCUT2D eigenvalue weighted by Crippen LogP contribution is -2.46. The highest BCUT2D eigenvalue weighted by molar-refractivity contribution is 6.20. The quantitative estimate of drug-likeness (QED) is 0.641. The summed E-state index contributed by atoms with van der Waals surface area (Å²) >= 11 is 0. The van der Waals surface area contributed by atoms with Gasteiger partial charge in [0.2, 0.25) is 0 Å². The van der Waals surface area contributed by atoms with E-state index in [1.807, 2.05) is 0 Å². The summed E-state index contributed by atoms with van der Waals surface area (Å²) in [4.78, 5) is 53.9. The van der Waals surface area contributed by atoms with Gasteiger partial charge < -0.3 is 14.9 Å². The van der Waals surface area contributed by atoms with Crippen molar-refractivity contribution in [3.05, 3.63) is 35.4 Å². The van der Waals surface area contributed by atoms with Gasteiger partial charge >= 0.3 is 12.1 Å². The molecule has 1 aromatic carbocycles. The molecular formula is C19H20N2O6. The van der Waals surface area contributed by atoms with Crippen LogP contribution in [0.25, 0.3) is 0 Å². The van der Waals surface area contributed by atoms with Gasteiger partial charge in [-0.3, -0.25) is 9.59 Å². The minimum atomic E-state index is -1.21. The maximum absolute atomic E-state index is 12.4. The van der Waals surface area contributed by atoms with E-state index >= 15 is 0 Å². The van der Waals surface area contributed by atoms with Crippen LogP contribution in [0.1, 0.15) is 54.8 Å². The number of alkyl carbamates (subject to hydrolysis) is 1. The molecule has 1 atom stereocenters. The summed E-state index contributed by atoms with van der Waals surface area (Å²) in [7, 11) is 0. The standard InChI is InChI=1S/C19H20N2O6/c1-5-6-11-14(20-18(25)26-19(2,3)4)17(24)27-21-15(22)12-9-7-8-10-13(12)16(21)23/h7-10,14H,11H2,1-4H3,(H,20,25). The van der Waals surface area contributed by atoms with Crippen LogP contribution >= 0.6 is 0 Å². The maximum atomic E-state index is 12.4. The smallest absolute Gasteiger partial charge is 0.408 e. The monoisotopic (exact) mass is 372 g/mol. The normalized spacial score (nSPS) is 14.0. The van der Waals surface area contributed by atoms with Crippen LogP contribution in [0.3, 0.4) is 0 Å². The van der Waals surface area contributed by atoms with E-state index < -0.39 is 35.5 Å². The minimum absolute atomic E-state index is 0.0717. The summed E-state index contributed by atoms with van der Waals surface area (Å²) in [6.07, 6.45) is -0.915. The van der Waals surface area contributed by atoms with Crippen molar-refractivity contribution in [2.75, 3.05) is 0 Å². The number of hydrogen-bond donors (Lipinski definition) is 1. The van der Waals surface area contributed by atoms with Gasteiger partial charge in [-0.25, -0.2) is 9.59 Å². The second-order valence-electron chi connectivity index (χ2n) is 6.69. The van der Waals surface area contributed by atoms with Crippen LogP contribution in [0.2, 0.25) is 0 Å². The number of carbonyl (C=O) groups excluding carboxylic acids is 4. The second-order valence-corrected chi connectivity index (χ2v) is 6.69. The number of nitrogens with one attached hydrogen (secondary N) is 1. The number of benzene rings is 1. The Morgan fingerprint density at radius 1 is 1.15 bits per heavy atom. The summed E-state index contributed by atoms with van der Waals surface area (Å²) in [6.45, 7) is 6.58. The molecule has 1 aliphatic heterocycles. The van der Waals surface area contributed by atoms with Crippen molar-refractivity contribution in [1.82, 2.24) is 10.4 Å². The van der Waals surface area contributed by atoms with Crippen molar-refractivity contribution in [2.24, 2.45) is 0 Å². The maximum Gasteiger partial charge on any atom is 0.408 e. The van der Waals surface area contributed by atoms with Gasteiger partial charge in [-0.1, -0.05) is 17.2 Å². The van der Waals surface area contributed by atoms with Crippen LogP contribution in [0.15, 0.2) is 24.3 Å². The predicted molar refractivity (Wildman–Crippen MR) is 94.3 cm³/mol. The molecular weight excluding hydrogens is 352 g/mol. The third kappa shape index (κ3) is 4.85. The van der Waals surface area contributed by atoms with Gasteiger partial charge in [-0.15, -0.1) is 11.8 Å². The number of fused-ring (bicyclic) bond motifs is 1. The number of hydroxylamine groups is 2. The van der Waals surface area contributed by atoms with E-state index in [0.717, 1.165) is 0 Å². The Bertz CT molecular complexity index is 809. The molecule has 0 aromatic heterocycles. The van der Waals surface area contributed by atoms with Crippen LogP contribution in [-0.4, -0.2) is 40.6 Å². The van der Waals surface area contributed by atoms with Crippen molar-refractivity contribution < 1.29 is 28.8 Å². The first-order chi connectivity index (χ1) is 12.6. The molecule has 3 amide bonds. The van der Waals surface area contributed by atoms with Crippen LogP contribution < -0.4 is 5.32 Å². The molecule has 1 N–H and O–H groups in total. The van der Waals surface area contributed by atoms with E-state index in [0.29, 0.717) is 5.06 Å². The first-order valence-electron chi connectivity index (χ1n) is 8.23. The van der Waals surface area contributed by atoms with Crippen LogP contribution in [-0.2, 0) is 14.4 Å². The summed E-state index contributed by atoms with van der Waals surface area (Å²) in [5.41, 5.74) is -0.488. The molecule has 0 saturated heterocycles. The van der Waals surface area contributed by atoms with Gasteiger partial charge in [0.05, 0.1) is 11.1 Å². The molecule has 1 unspecified atom stereocenters. The molecule has 0 aliphatic carbocycles. The fourth-order valence-electron chi connectivity index (χ4n) is 2.25. The van der Waals surface area contributed by atoms with Gasteiger partial charge in [0.25, 0.3) is 11.8 Å². The summed E-state index contributed by atoms with van der Waals surface area (Å²) < 4.78 is 5.11. The third-order valence-electron chi connectivity index (χ3n) is 3.40. The lowest BCUT2D eigenvalue weighted by molar-refractivity contribution is -0.170. The Morgan fingerprint density at radius 3 is 2.19 bits per heavy atom. The Labute approximate surface area is 156 Å². The van der Waals surface area contributed by atoms with Crippen LogP contribution in [0, 0.1) is 11.8 Å². The molecule has 0 fully saturated rings. The molecule has 2 rings (SSSR count). The molecule has 0 radical (unpaired) electrons. The topological polar surface area (TPSA) is 102 Å². The number of nitrogens with zero attached hydrogens (tertiary/aromatic N) is 1. The fraction of sp³-hybridized carbons (Fsp3) is 0.368. The molecule has 1 heterocycles. The highest BCUT2D eigenvalue weighted by atomic mass is 16.7.